The van der Waals surface area contributed by atoms with Gasteiger partial charge >= 0.3 is 0 Å². The summed E-state index contributed by atoms with van der Waals surface area (Å²) < 4.78 is 0. The lowest BCUT2D eigenvalue weighted by Gasteiger charge is -2.36. The Morgan fingerprint density at radius 2 is 1.96 bits per heavy atom. The number of likely N-dealkylation sites (tertiary alicyclic amines) is 2. The quantitative estimate of drug-likeness (QED) is 0.839. The van der Waals surface area contributed by atoms with Gasteiger partial charge in [-0.05, 0) is 57.1 Å². The molecule has 4 rings (SSSR count). The Morgan fingerprint density at radius 3 is 2.70 bits per heavy atom. The third-order valence-electron chi connectivity index (χ3n) is 5.60. The molecule has 1 aliphatic carbocycles. The molecule has 3 atom stereocenters. The fraction of sp³-hybridized carbons (Fsp3) is 0.611. The Morgan fingerprint density at radius 1 is 1.17 bits per heavy atom. The summed E-state index contributed by atoms with van der Waals surface area (Å²) in [4.78, 5) is 34.2. The highest BCUT2D eigenvalue weighted by Crippen LogP contribution is 2.43. The van der Waals surface area contributed by atoms with Gasteiger partial charge < -0.3 is 9.80 Å². The normalized spacial score (nSPS) is 29.3. The monoisotopic (exact) mass is 313 g/mol. The second-order valence-corrected chi connectivity index (χ2v) is 7.08. The van der Waals surface area contributed by atoms with Crippen LogP contribution in [0.2, 0.25) is 0 Å². The van der Waals surface area contributed by atoms with E-state index in [0.29, 0.717) is 11.6 Å². The third-order valence-corrected chi connectivity index (χ3v) is 5.60. The number of aromatic nitrogens is 1. The maximum Gasteiger partial charge on any atom is 0.273 e. The van der Waals surface area contributed by atoms with Gasteiger partial charge in [-0.2, -0.15) is 0 Å². The molecular formula is C18H23N3O2. The average molecular weight is 313 g/mol. The number of hydrogen-bond donors (Lipinski definition) is 0. The maximum absolute atomic E-state index is 13.0. The van der Waals surface area contributed by atoms with Crippen molar-refractivity contribution in [1.29, 1.82) is 0 Å². The molecule has 0 N–H and O–H groups in total. The first kappa shape index (κ1) is 14.7. The van der Waals surface area contributed by atoms with E-state index in [9.17, 15) is 9.59 Å². The molecule has 2 bridgehead atoms. The molecule has 5 nitrogen and oxygen atoms in total. The van der Waals surface area contributed by atoms with Crippen LogP contribution in [0.3, 0.4) is 0 Å². The molecule has 1 aromatic rings. The topological polar surface area (TPSA) is 53.5 Å². The SMILES string of the molecule is Cc1cccc(C(=O)N2[C@H]3CC[C@@H](C3)[C@H]2C(=O)N2CCCC2)n1. The number of piperidine rings is 1. The van der Waals surface area contributed by atoms with Crippen LogP contribution < -0.4 is 0 Å². The molecular weight excluding hydrogens is 290 g/mol. The van der Waals surface area contributed by atoms with Gasteiger partial charge in [0.1, 0.15) is 11.7 Å². The number of carbonyl (C=O) groups is 2. The molecule has 0 aromatic carbocycles. The lowest BCUT2D eigenvalue weighted by Crippen LogP contribution is -2.53. The summed E-state index contributed by atoms with van der Waals surface area (Å²) in [5, 5.41) is 0. The number of pyridine rings is 1. The minimum Gasteiger partial charge on any atom is -0.341 e. The first-order valence-electron chi connectivity index (χ1n) is 8.70. The second-order valence-electron chi connectivity index (χ2n) is 7.08. The summed E-state index contributed by atoms with van der Waals surface area (Å²) in [6, 6.07) is 5.47. The van der Waals surface area contributed by atoms with Crippen LogP contribution in [0.1, 0.15) is 48.3 Å². The Bertz CT molecular complexity index is 639. The van der Waals surface area contributed by atoms with Crippen molar-refractivity contribution in [2.75, 3.05) is 13.1 Å². The average Bonchev–Trinajstić information content (AvgIpc) is 3.29. The van der Waals surface area contributed by atoms with Crippen LogP contribution in [-0.2, 0) is 4.79 Å². The van der Waals surface area contributed by atoms with E-state index in [-0.39, 0.29) is 23.9 Å². The molecule has 0 spiro atoms. The van der Waals surface area contributed by atoms with Crippen LogP contribution in [0.25, 0.3) is 0 Å². The molecule has 2 aliphatic heterocycles. The van der Waals surface area contributed by atoms with Crippen molar-refractivity contribution in [1.82, 2.24) is 14.8 Å². The molecule has 5 heteroatoms. The Kier molecular flexibility index (Phi) is 3.58. The van der Waals surface area contributed by atoms with E-state index in [1.165, 1.54) is 0 Å². The number of nitrogens with zero attached hydrogens (tertiary/aromatic N) is 3. The molecule has 2 amide bonds. The number of hydrogen-bond acceptors (Lipinski definition) is 3. The number of fused-ring (bicyclic) bond motifs is 2. The van der Waals surface area contributed by atoms with Gasteiger partial charge in [0.15, 0.2) is 0 Å². The van der Waals surface area contributed by atoms with E-state index >= 15 is 0 Å². The molecule has 23 heavy (non-hydrogen) atoms. The standard InChI is InChI=1S/C18H23N3O2/c1-12-5-4-6-15(19-12)17(22)21-14-8-7-13(11-14)16(21)18(23)20-9-2-3-10-20/h4-6,13-14,16H,2-3,7-11H2,1H3/t13-,14-,16-/m0/s1. The first-order valence-corrected chi connectivity index (χ1v) is 8.70. The number of amides is 2. The zero-order chi connectivity index (χ0) is 16.0. The van der Waals surface area contributed by atoms with Gasteiger partial charge in [0, 0.05) is 24.8 Å². The van der Waals surface area contributed by atoms with Crippen molar-refractivity contribution in [3.8, 4) is 0 Å². The molecule has 1 aromatic heterocycles. The fourth-order valence-corrected chi connectivity index (χ4v) is 4.52. The Hall–Kier alpha value is -1.91. The molecule has 0 unspecified atom stereocenters. The van der Waals surface area contributed by atoms with Gasteiger partial charge in [0.25, 0.3) is 5.91 Å². The van der Waals surface area contributed by atoms with Gasteiger partial charge in [-0.25, -0.2) is 4.98 Å². The summed E-state index contributed by atoms with van der Waals surface area (Å²) in [7, 11) is 0. The minimum atomic E-state index is -0.262. The molecule has 0 radical (unpaired) electrons. The van der Waals surface area contributed by atoms with Gasteiger partial charge in [0.05, 0.1) is 0 Å². The molecule has 122 valence electrons. The highest BCUT2D eigenvalue weighted by atomic mass is 16.2. The summed E-state index contributed by atoms with van der Waals surface area (Å²) in [5.74, 6) is 0.427. The smallest absolute Gasteiger partial charge is 0.273 e. The summed E-state index contributed by atoms with van der Waals surface area (Å²) in [6.07, 6.45) is 5.23. The van der Waals surface area contributed by atoms with E-state index in [0.717, 1.165) is 50.9 Å². The largest absolute Gasteiger partial charge is 0.341 e. The van der Waals surface area contributed by atoms with Gasteiger partial charge in [-0.3, -0.25) is 9.59 Å². The number of carbonyl (C=O) groups excluding carboxylic acids is 2. The maximum atomic E-state index is 13.0. The van der Waals surface area contributed by atoms with Crippen LogP contribution in [-0.4, -0.2) is 51.8 Å². The zero-order valence-corrected chi connectivity index (χ0v) is 13.6. The summed E-state index contributed by atoms with van der Waals surface area (Å²) >= 11 is 0. The van der Waals surface area contributed by atoms with Crippen LogP contribution >= 0.6 is 0 Å². The predicted octanol–water partition coefficient (Wildman–Crippen LogP) is 2.01. The molecule has 3 heterocycles. The fourth-order valence-electron chi connectivity index (χ4n) is 4.52. The minimum absolute atomic E-state index is 0.0709. The Labute approximate surface area is 136 Å². The second kappa shape index (κ2) is 5.62. The van der Waals surface area contributed by atoms with Crippen LogP contribution in [0, 0.1) is 12.8 Å². The summed E-state index contributed by atoms with van der Waals surface area (Å²) in [6.45, 7) is 3.58. The van der Waals surface area contributed by atoms with Crippen LogP contribution in [0.5, 0.6) is 0 Å². The van der Waals surface area contributed by atoms with Gasteiger partial charge in [-0.15, -0.1) is 0 Å². The van der Waals surface area contributed by atoms with Crippen LogP contribution in [0.4, 0.5) is 0 Å². The zero-order valence-electron chi connectivity index (χ0n) is 13.6. The highest BCUT2D eigenvalue weighted by Gasteiger charge is 2.52. The summed E-state index contributed by atoms with van der Waals surface area (Å²) in [5.41, 5.74) is 1.30. The van der Waals surface area contributed by atoms with Crippen molar-refractivity contribution in [3.05, 3.63) is 29.6 Å². The number of rotatable bonds is 2. The lowest BCUT2D eigenvalue weighted by atomic mass is 9.97. The van der Waals surface area contributed by atoms with Crippen molar-refractivity contribution >= 4 is 11.8 Å². The van der Waals surface area contributed by atoms with Crippen molar-refractivity contribution in [3.63, 3.8) is 0 Å². The van der Waals surface area contributed by atoms with Crippen molar-refractivity contribution in [2.24, 2.45) is 5.92 Å². The predicted molar refractivity (Wildman–Crippen MR) is 85.9 cm³/mol. The van der Waals surface area contributed by atoms with Gasteiger partial charge in [0.2, 0.25) is 5.91 Å². The molecule has 2 saturated heterocycles. The van der Waals surface area contributed by atoms with E-state index in [2.05, 4.69) is 4.98 Å². The third kappa shape index (κ3) is 2.42. The van der Waals surface area contributed by atoms with E-state index < -0.39 is 0 Å². The van der Waals surface area contributed by atoms with Crippen LogP contribution in [0.15, 0.2) is 18.2 Å². The molecule has 3 fully saturated rings. The highest BCUT2D eigenvalue weighted by molar-refractivity contribution is 5.97. The molecule has 3 aliphatic rings. The number of aryl methyl sites for hydroxylation is 1. The van der Waals surface area contributed by atoms with Crippen molar-refractivity contribution < 1.29 is 9.59 Å². The first-order chi connectivity index (χ1) is 11.1. The van der Waals surface area contributed by atoms with E-state index in [1.807, 2.05) is 28.9 Å². The van der Waals surface area contributed by atoms with E-state index in [4.69, 9.17) is 0 Å². The molecule has 1 saturated carbocycles. The van der Waals surface area contributed by atoms with Gasteiger partial charge in [-0.1, -0.05) is 6.07 Å². The van der Waals surface area contributed by atoms with E-state index in [1.54, 1.807) is 6.07 Å². The Balaban J connectivity index is 1.62. The van der Waals surface area contributed by atoms with Crippen molar-refractivity contribution in [2.45, 2.75) is 51.1 Å². The lowest BCUT2D eigenvalue weighted by molar-refractivity contribution is -0.136.